The number of benzene rings is 1. The summed E-state index contributed by atoms with van der Waals surface area (Å²) in [7, 11) is 1.75. The average molecular weight is 318 g/mol. The first kappa shape index (κ1) is 15.1. The van der Waals surface area contributed by atoms with E-state index in [0.29, 0.717) is 25.3 Å². The van der Waals surface area contributed by atoms with Crippen molar-refractivity contribution >= 4 is 6.03 Å². The molecule has 0 atom stereocenters. The van der Waals surface area contributed by atoms with Gasteiger partial charge in [0.05, 0.1) is 0 Å². The van der Waals surface area contributed by atoms with Crippen molar-refractivity contribution in [3.05, 3.63) is 29.6 Å². The number of ether oxygens (including phenoxy) is 2. The third-order valence-electron chi connectivity index (χ3n) is 3.45. The van der Waals surface area contributed by atoms with Crippen LogP contribution in [0.1, 0.15) is 17.8 Å². The van der Waals surface area contributed by atoms with Gasteiger partial charge < -0.3 is 19.7 Å². The third kappa shape index (κ3) is 3.87. The molecule has 2 aromatic rings. The lowest BCUT2D eigenvalue weighted by molar-refractivity contribution is 0.174. The number of hydrogen-bond donors (Lipinski definition) is 2. The Bertz CT molecular complexity index is 661. The first-order valence-electron chi connectivity index (χ1n) is 7.32. The zero-order valence-electron chi connectivity index (χ0n) is 12.8. The molecule has 0 saturated carbocycles. The van der Waals surface area contributed by atoms with Gasteiger partial charge in [0.15, 0.2) is 17.3 Å². The maximum Gasteiger partial charge on any atom is 0.317 e. The number of aryl methyl sites for hydroxylation is 1. The summed E-state index contributed by atoms with van der Waals surface area (Å²) >= 11 is 0. The maximum atomic E-state index is 12.1. The number of nitrogens with zero attached hydrogens (tertiary/aromatic N) is 4. The van der Waals surface area contributed by atoms with Crippen LogP contribution in [0.5, 0.6) is 11.5 Å². The third-order valence-corrected chi connectivity index (χ3v) is 3.45. The quantitative estimate of drug-likeness (QED) is 0.760. The van der Waals surface area contributed by atoms with E-state index in [1.165, 1.54) is 0 Å². The van der Waals surface area contributed by atoms with E-state index < -0.39 is 0 Å². The Kier molecular flexibility index (Phi) is 4.55. The van der Waals surface area contributed by atoms with Crippen LogP contribution in [-0.4, -0.2) is 51.9 Å². The smallest absolute Gasteiger partial charge is 0.317 e. The Morgan fingerprint density at radius 2 is 2.26 bits per heavy atom. The molecule has 1 aromatic heterocycles. The van der Waals surface area contributed by atoms with Crippen molar-refractivity contribution in [3.8, 4) is 11.5 Å². The summed E-state index contributed by atoms with van der Waals surface area (Å²) in [6.45, 7) is 1.29. The highest BCUT2D eigenvalue weighted by Gasteiger charge is 2.15. The molecule has 0 saturated heterocycles. The van der Waals surface area contributed by atoms with Crippen LogP contribution in [0.25, 0.3) is 0 Å². The van der Waals surface area contributed by atoms with E-state index in [9.17, 15) is 4.79 Å². The number of amides is 2. The molecule has 1 aromatic carbocycles. The van der Waals surface area contributed by atoms with Crippen LogP contribution in [0.15, 0.2) is 18.2 Å². The number of nitrogens with one attached hydrogen (secondary N) is 2. The van der Waals surface area contributed by atoms with Gasteiger partial charge in [-0.1, -0.05) is 11.3 Å². The molecule has 9 heteroatoms. The van der Waals surface area contributed by atoms with Gasteiger partial charge in [-0.15, -0.1) is 10.2 Å². The molecule has 1 aliphatic heterocycles. The van der Waals surface area contributed by atoms with E-state index in [-0.39, 0.29) is 12.8 Å². The number of fused-ring (bicyclic) bond motifs is 1. The minimum atomic E-state index is -0.129. The molecular weight excluding hydrogens is 300 g/mol. The number of carbonyl (C=O) groups excluding carboxylic acids is 1. The molecule has 23 heavy (non-hydrogen) atoms. The van der Waals surface area contributed by atoms with E-state index in [4.69, 9.17) is 9.47 Å². The molecule has 122 valence electrons. The fourth-order valence-corrected chi connectivity index (χ4v) is 2.25. The van der Waals surface area contributed by atoms with E-state index in [0.717, 1.165) is 23.5 Å². The molecular formula is C14H18N6O3. The second-order valence-corrected chi connectivity index (χ2v) is 5.21. The molecule has 1 aliphatic rings. The Labute approximate surface area is 133 Å². The van der Waals surface area contributed by atoms with Crippen molar-refractivity contribution in [2.75, 3.05) is 20.4 Å². The van der Waals surface area contributed by atoms with Gasteiger partial charge in [-0.3, -0.25) is 0 Å². The first-order chi connectivity index (χ1) is 11.2. The summed E-state index contributed by atoms with van der Waals surface area (Å²) in [6, 6.07) is 5.54. The number of carbonyl (C=O) groups is 1. The number of urea groups is 1. The molecule has 9 nitrogen and oxygen atoms in total. The lowest BCUT2D eigenvalue weighted by Crippen LogP contribution is -2.37. The molecule has 0 spiro atoms. The monoisotopic (exact) mass is 318 g/mol. The van der Waals surface area contributed by atoms with Crippen molar-refractivity contribution in [1.82, 2.24) is 30.8 Å². The van der Waals surface area contributed by atoms with Crippen molar-refractivity contribution in [2.24, 2.45) is 0 Å². The lowest BCUT2D eigenvalue weighted by Gasteiger charge is -2.18. The number of H-pyrrole nitrogens is 1. The van der Waals surface area contributed by atoms with Gasteiger partial charge in [0, 0.05) is 26.6 Å². The van der Waals surface area contributed by atoms with Gasteiger partial charge in [-0.05, 0) is 24.1 Å². The minimum Gasteiger partial charge on any atom is -0.454 e. The van der Waals surface area contributed by atoms with Crippen LogP contribution in [-0.2, 0) is 13.0 Å². The molecule has 0 bridgehead atoms. The highest BCUT2D eigenvalue weighted by atomic mass is 16.7. The van der Waals surface area contributed by atoms with E-state index in [2.05, 4.69) is 25.9 Å². The fraction of sp³-hybridized carbons (Fsp3) is 0.429. The van der Waals surface area contributed by atoms with Crippen LogP contribution >= 0.6 is 0 Å². The second-order valence-electron chi connectivity index (χ2n) is 5.21. The Morgan fingerprint density at radius 3 is 3.09 bits per heavy atom. The first-order valence-corrected chi connectivity index (χ1v) is 7.32. The molecule has 2 heterocycles. The molecule has 0 fully saturated rings. The van der Waals surface area contributed by atoms with Crippen LogP contribution in [0, 0.1) is 0 Å². The molecule has 2 amide bonds. The fourth-order valence-electron chi connectivity index (χ4n) is 2.25. The second kappa shape index (κ2) is 6.95. The molecule has 0 aliphatic carbocycles. The minimum absolute atomic E-state index is 0.129. The Hall–Kier alpha value is -2.84. The van der Waals surface area contributed by atoms with Crippen LogP contribution < -0.4 is 14.8 Å². The predicted octanol–water partition coefficient (Wildman–Crippen LogP) is 0.703. The van der Waals surface area contributed by atoms with Crippen molar-refractivity contribution in [2.45, 2.75) is 19.4 Å². The zero-order valence-corrected chi connectivity index (χ0v) is 12.8. The number of rotatable bonds is 6. The summed E-state index contributed by atoms with van der Waals surface area (Å²) < 4.78 is 10.6. The van der Waals surface area contributed by atoms with Crippen LogP contribution in [0.2, 0.25) is 0 Å². The van der Waals surface area contributed by atoms with Gasteiger partial charge in [0.25, 0.3) is 0 Å². The Balaban J connectivity index is 1.42. The number of aromatic nitrogens is 4. The lowest BCUT2D eigenvalue weighted by atomic mass is 10.2. The summed E-state index contributed by atoms with van der Waals surface area (Å²) in [4.78, 5) is 13.7. The van der Waals surface area contributed by atoms with Crippen LogP contribution in [0.4, 0.5) is 4.79 Å². The molecule has 3 rings (SSSR count). The summed E-state index contributed by atoms with van der Waals surface area (Å²) in [5, 5.41) is 16.5. The number of aromatic amines is 1. The largest absolute Gasteiger partial charge is 0.454 e. The Morgan fingerprint density at radius 1 is 1.39 bits per heavy atom. The summed E-state index contributed by atoms with van der Waals surface area (Å²) in [6.07, 6.45) is 1.42. The van der Waals surface area contributed by atoms with Gasteiger partial charge >= 0.3 is 6.03 Å². The number of hydrogen-bond acceptors (Lipinski definition) is 6. The van der Waals surface area contributed by atoms with E-state index >= 15 is 0 Å². The maximum absolute atomic E-state index is 12.1. The highest BCUT2D eigenvalue weighted by Crippen LogP contribution is 2.32. The summed E-state index contributed by atoms with van der Waals surface area (Å²) in [5.74, 6) is 2.10. The van der Waals surface area contributed by atoms with Gasteiger partial charge in [0.1, 0.15) is 0 Å². The molecule has 2 N–H and O–H groups in total. The summed E-state index contributed by atoms with van der Waals surface area (Å²) in [5.41, 5.74) is 0.985. The predicted molar refractivity (Wildman–Crippen MR) is 79.9 cm³/mol. The molecule has 0 radical (unpaired) electrons. The zero-order chi connectivity index (χ0) is 16.1. The SMILES string of the molecule is CN(Cc1ccc2c(c1)OCO2)C(=O)NCCCc1nn[nH]n1. The van der Waals surface area contributed by atoms with Gasteiger partial charge in [-0.2, -0.15) is 5.21 Å². The van der Waals surface area contributed by atoms with Crippen molar-refractivity contribution in [3.63, 3.8) is 0 Å². The standard InChI is InChI=1S/C14H18N6O3/c1-20(8-10-4-5-11-12(7-10)23-9-22-11)14(21)15-6-2-3-13-16-18-19-17-13/h4-5,7H,2-3,6,8-9H2,1H3,(H,15,21)(H,16,17,18,19). The topological polar surface area (TPSA) is 105 Å². The molecule has 0 unspecified atom stereocenters. The van der Waals surface area contributed by atoms with E-state index in [1.807, 2.05) is 18.2 Å². The van der Waals surface area contributed by atoms with Crippen LogP contribution in [0.3, 0.4) is 0 Å². The van der Waals surface area contributed by atoms with E-state index in [1.54, 1.807) is 11.9 Å². The normalized spacial score (nSPS) is 12.2. The van der Waals surface area contributed by atoms with Crippen molar-refractivity contribution < 1.29 is 14.3 Å². The van der Waals surface area contributed by atoms with Gasteiger partial charge in [-0.25, -0.2) is 4.79 Å². The average Bonchev–Trinajstić information content (AvgIpc) is 3.22. The van der Waals surface area contributed by atoms with Crippen molar-refractivity contribution in [1.29, 1.82) is 0 Å². The van der Waals surface area contributed by atoms with Gasteiger partial charge in [0.2, 0.25) is 6.79 Å². The number of tetrazole rings is 1. The highest BCUT2D eigenvalue weighted by molar-refractivity contribution is 5.73.